The van der Waals surface area contributed by atoms with Gasteiger partial charge in [-0.3, -0.25) is 19.2 Å². The quantitative estimate of drug-likeness (QED) is 0.161. The van der Waals surface area contributed by atoms with Crippen molar-refractivity contribution in [2.75, 3.05) is 29.6 Å². The maximum Gasteiger partial charge on any atom is 0.185 e. The Morgan fingerprint density at radius 2 is 0.775 bits per heavy atom. The summed E-state index contributed by atoms with van der Waals surface area (Å²) in [4.78, 5) is 46.7. The zero-order valence-electron chi connectivity index (χ0n) is 25.1. The first-order valence-electron chi connectivity index (χ1n) is 14.6. The van der Waals surface area contributed by atoms with Crippen LogP contribution in [0.2, 0.25) is 0 Å². The maximum absolute atomic E-state index is 11.7. The Bertz CT molecular complexity index is 644. The zero-order valence-corrected chi connectivity index (χ0v) is 29.2. The van der Waals surface area contributed by atoms with E-state index in [-0.39, 0.29) is 20.5 Å². The Morgan fingerprint density at radius 3 is 1.00 bits per heavy atom. The normalized spacial score (nSPS) is 23.8. The standard InChI is InChI=1S/C30H50O5S5/c1-21(31)37-12-7-27-16-26(6-11-35-25(5)36)17-28(8-13-38-22(2)32)19-30(10-15-40-24(4)34)20-29(18-27)9-14-39-23(3)33/h26-30H,6-20H2,1-5H3/t26?,27?,28?,29-,30?/m0/s1. The number of thiocarbonyl (C=S) groups is 1. The summed E-state index contributed by atoms with van der Waals surface area (Å²) in [5.41, 5.74) is 0. The third-order valence-electron chi connectivity index (χ3n) is 7.49. The van der Waals surface area contributed by atoms with Crippen LogP contribution in [0, 0.1) is 29.6 Å². The SMILES string of the molecule is CC(=O)SCCC1CC(CCOC(C)=S)CC(CCSC(C)=O)C[C@H](CCSC(C)=O)CC(CCSC(C)=O)C1. The van der Waals surface area contributed by atoms with Crippen LogP contribution in [0.5, 0.6) is 0 Å². The molecule has 1 aliphatic carbocycles. The van der Waals surface area contributed by atoms with E-state index in [9.17, 15) is 19.2 Å². The Morgan fingerprint density at radius 1 is 0.525 bits per heavy atom. The highest BCUT2D eigenvalue weighted by Crippen LogP contribution is 2.40. The van der Waals surface area contributed by atoms with Gasteiger partial charge in [-0.05, 0) is 106 Å². The second kappa shape index (κ2) is 22.5. The van der Waals surface area contributed by atoms with Crippen LogP contribution >= 0.6 is 59.3 Å². The fraction of sp³-hybridized carbons (Fsp3) is 0.833. The average Bonchev–Trinajstić information content (AvgIpc) is 2.82. The van der Waals surface area contributed by atoms with Gasteiger partial charge in [0.2, 0.25) is 0 Å². The van der Waals surface area contributed by atoms with E-state index in [1.807, 2.05) is 6.92 Å². The first-order chi connectivity index (χ1) is 18.9. The third-order valence-corrected chi connectivity index (χ3v) is 11.0. The molecule has 5 atom stereocenters. The number of hydrogen-bond acceptors (Lipinski definition) is 10. The molecule has 0 saturated heterocycles. The van der Waals surface area contributed by atoms with Crippen LogP contribution in [0.3, 0.4) is 0 Å². The van der Waals surface area contributed by atoms with Crippen LogP contribution in [0.4, 0.5) is 0 Å². The second-order valence-corrected chi connectivity index (χ2v) is 16.8. The van der Waals surface area contributed by atoms with Crippen LogP contribution in [-0.2, 0) is 23.9 Å². The smallest absolute Gasteiger partial charge is 0.185 e. The molecule has 0 aromatic rings. The highest BCUT2D eigenvalue weighted by atomic mass is 32.2. The van der Waals surface area contributed by atoms with E-state index >= 15 is 0 Å². The van der Waals surface area contributed by atoms with Gasteiger partial charge in [-0.25, -0.2) is 0 Å². The van der Waals surface area contributed by atoms with Gasteiger partial charge < -0.3 is 4.74 Å². The molecule has 0 radical (unpaired) electrons. The van der Waals surface area contributed by atoms with Gasteiger partial charge in [0, 0.05) is 57.6 Å². The summed E-state index contributed by atoms with van der Waals surface area (Å²) in [5.74, 6) is 5.90. The van der Waals surface area contributed by atoms with Crippen molar-refractivity contribution in [2.45, 2.75) is 98.8 Å². The Balaban J connectivity index is 3.22. The van der Waals surface area contributed by atoms with E-state index in [0.717, 1.165) is 87.2 Å². The van der Waals surface area contributed by atoms with Gasteiger partial charge in [0.15, 0.2) is 25.5 Å². The molecule has 0 aliphatic heterocycles. The lowest BCUT2D eigenvalue weighted by Gasteiger charge is -2.35. The average molecular weight is 651 g/mol. The lowest BCUT2D eigenvalue weighted by atomic mass is 9.72. The predicted octanol–water partition coefficient (Wildman–Crippen LogP) is 8.46. The lowest BCUT2D eigenvalue weighted by Crippen LogP contribution is -2.25. The van der Waals surface area contributed by atoms with Crippen molar-refractivity contribution in [3.63, 3.8) is 0 Å². The number of thioether (sulfide) groups is 4. The molecule has 4 unspecified atom stereocenters. The number of carbonyl (C=O) groups excluding carboxylic acids is 4. The highest BCUT2D eigenvalue weighted by molar-refractivity contribution is 8.14. The minimum atomic E-state index is 0.167. The zero-order chi connectivity index (χ0) is 29.9. The van der Waals surface area contributed by atoms with Crippen molar-refractivity contribution in [3.8, 4) is 0 Å². The molecule has 40 heavy (non-hydrogen) atoms. The molecule has 10 heteroatoms. The first-order valence-corrected chi connectivity index (χ1v) is 19.0. The summed E-state index contributed by atoms with van der Waals surface area (Å²) in [6.45, 7) is 9.00. The lowest BCUT2D eigenvalue weighted by molar-refractivity contribution is -0.109. The summed E-state index contributed by atoms with van der Waals surface area (Å²) in [6, 6.07) is 0. The van der Waals surface area contributed by atoms with Crippen molar-refractivity contribution in [1.29, 1.82) is 0 Å². The monoisotopic (exact) mass is 650 g/mol. The van der Waals surface area contributed by atoms with Crippen molar-refractivity contribution >= 4 is 84.8 Å². The van der Waals surface area contributed by atoms with Crippen molar-refractivity contribution < 1.29 is 23.9 Å². The summed E-state index contributed by atoms with van der Waals surface area (Å²) in [7, 11) is 0. The van der Waals surface area contributed by atoms with Crippen LogP contribution in [-0.4, -0.2) is 55.1 Å². The number of hydrogen-bond donors (Lipinski definition) is 0. The van der Waals surface area contributed by atoms with Crippen molar-refractivity contribution in [1.82, 2.24) is 0 Å². The van der Waals surface area contributed by atoms with E-state index < -0.39 is 0 Å². The summed E-state index contributed by atoms with van der Waals surface area (Å²) < 4.78 is 5.73. The fourth-order valence-electron chi connectivity index (χ4n) is 5.86. The second-order valence-electron chi connectivity index (χ2n) is 11.2. The molecule has 0 amide bonds. The van der Waals surface area contributed by atoms with Gasteiger partial charge in [0.25, 0.3) is 0 Å². The number of ether oxygens (including phenoxy) is 1. The summed E-state index contributed by atoms with van der Waals surface area (Å²) in [5, 5.41) is 1.25. The minimum absolute atomic E-state index is 0.167. The largest absolute Gasteiger partial charge is 0.487 e. The van der Waals surface area contributed by atoms with Gasteiger partial charge in [-0.2, -0.15) is 0 Å². The molecule has 1 aliphatic rings. The van der Waals surface area contributed by atoms with E-state index in [4.69, 9.17) is 17.0 Å². The molecule has 1 fully saturated rings. The molecular formula is C30H50O5S5. The van der Waals surface area contributed by atoms with Crippen LogP contribution < -0.4 is 0 Å². The predicted molar refractivity (Wildman–Crippen MR) is 180 cm³/mol. The molecule has 1 rings (SSSR count). The molecule has 0 bridgehead atoms. The van der Waals surface area contributed by atoms with Gasteiger partial charge >= 0.3 is 0 Å². The Labute approximate surface area is 265 Å². The first kappa shape index (κ1) is 38.0. The molecular weight excluding hydrogens is 601 g/mol. The van der Waals surface area contributed by atoms with E-state index in [2.05, 4.69) is 0 Å². The molecule has 5 nitrogen and oxygen atoms in total. The van der Waals surface area contributed by atoms with E-state index in [0.29, 0.717) is 41.2 Å². The molecule has 230 valence electrons. The molecule has 0 spiro atoms. The number of carbonyl (C=O) groups is 4. The molecule has 1 saturated carbocycles. The van der Waals surface area contributed by atoms with Crippen molar-refractivity contribution in [2.24, 2.45) is 29.6 Å². The Hall–Kier alpha value is -0.0300. The minimum Gasteiger partial charge on any atom is -0.487 e. The third kappa shape index (κ3) is 20.8. The Kier molecular flexibility index (Phi) is 21.4. The van der Waals surface area contributed by atoms with Gasteiger partial charge in [0.05, 0.1) is 6.61 Å². The maximum atomic E-state index is 11.7. The van der Waals surface area contributed by atoms with Crippen LogP contribution in [0.1, 0.15) is 98.8 Å². The fourth-order valence-corrected chi connectivity index (χ4v) is 8.90. The molecule has 0 heterocycles. The summed E-state index contributed by atoms with van der Waals surface area (Å²) >= 11 is 10.9. The van der Waals surface area contributed by atoms with Gasteiger partial charge in [-0.15, -0.1) is 0 Å². The van der Waals surface area contributed by atoms with Crippen LogP contribution in [0.25, 0.3) is 0 Å². The summed E-state index contributed by atoms with van der Waals surface area (Å²) in [6.07, 6.45) is 10.6. The molecule has 0 aromatic carbocycles. The number of rotatable bonds is 15. The van der Waals surface area contributed by atoms with E-state index in [1.54, 1.807) is 27.7 Å². The van der Waals surface area contributed by atoms with Crippen LogP contribution in [0.15, 0.2) is 0 Å². The molecule has 0 N–H and O–H groups in total. The highest BCUT2D eigenvalue weighted by Gasteiger charge is 2.29. The molecule has 0 aromatic heterocycles. The van der Waals surface area contributed by atoms with Crippen molar-refractivity contribution in [3.05, 3.63) is 0 Å². The van der Waals surface area contributed by atoms with Gasteiger partial charge in [0.1, 0.15) is 0 Å². The topological polar surface area (TPSA) is 77.5 Å². The van der Waals surface area contributed by atoms with E-state index in [1.165, 1.54) is 47.0 Å². The van der Waals surface area contributed by atoms with Gasteiger partial charge in [-0.1, -0.05) is 47.0 Å².